The molecule has 0 aromatic heterocycles. The van der Waals surface area contributed by atoms with Gasteiger partial charge in [-0.05, 0) is 79.7 Å². The monoisotopic (exact) mass is 502 g/mol. The van der Waals surface area contributed by atoms with E-state index >= 15 is 0 Å². The number of nitrogens with one attached hydrogen (secondary N) is 1. The van der Waals surface area contributed by atoms with Crippen LogP contribution in [0.2, 0.25) is 0 Å². The van der Waals surface area contributed by atoms with E-state index < -0.39 is 23.8 Å². The summed E-state index contributed by atoms with van der Waals surface area (Å²) in [5.41, 5.74) is 2.53. The average Bonchev–Trinajstić information content (AvgIpc) is 3.59. The maximum absolute atomic E-state index is 13.2. The van der Waals surface area contributed by atoms with Gasteiger partial charge in [0.05, 0.1) is 12.1 Å². The first kappa shape index (κ1) is 25.1. The molecule has 1 heterocycles. The number of ketones is 1. The Hall–Kier alpha value is -3.55. The van der Waals surface area contributed by atoms with Crippen molar-refractivity contribution in [1.29, 1.82) is 0 Å². The van der Waals surface area contributed by atoms with Gasteiger partial charge in [-0.1, -0.05) is 48.5 Å². The van der Waals surface area contributed by atoms with Crippen LogP contribution in [0.25, 0.3) is 11.1 Å². The Labute approximate surface area is 216 Å². The number of halogens is 1. The van der Waals surface area contributed by atoms with Gasteiger partial charge in [-0.15, -0.1) is 0 Å². The van der Waals surface area contributed by atoms with Crippen LogP contribution in [0.5, 0.6) is 5.75 Å². The minimum atomic E-state index is -0.979. The summed E-state index contributed by atoms with van der Waals surface area (Å²) in [7, 11) is 0. The Morgan fingerprint density at radius 3 is 2.11 bits per heavy atom. The summed E-state index contributed by atoms with van der Waals surface area (Å²) in [6.45, 7) is 2.24. The third-order valence-electron chi connectivity index (χ3n) is 6.93. The van der Waals surface area contributed by atoms with Crippen molar-refractivity contribution in [3.8, 4) is 16.9 Å². The molecule has 0 bridgehead atoms. The van der Waals surface area contributed by atoms with E-state index in [0.29, 0.717) is 12.1 Å². The van der Waals surface area contributed by atoms with Gasteiger partial charge in [0.1, 0.15) is 17.7 Å². The van der Waals surface area contributed by atoms with Gasteiger partial charge in [0, 0.05) is 12.1 Å². The lowest BCUT2D eigenvalue weighted by Crippen LogP contribution is -2.48. The molecule has 2 N–H and O–H groups in total. The molecule has 3 aromatic rings. The van der Waals surface area contributed by atoms with Gasteiger partial charge < -0.3 is 20.1 Å². The van der Waals surface area contributed by atoms with E-state index in [1.54, 1.807) is 36.4 Å². The normalized spacial score (nSPS) is 17.2. The number of hydrogen-bond donors (Lipinski definition) is 2. The molecule has 5 rings (SSSR count). The number of carbonyl (C=O) groups excluding carboxylic acids is 2. The largest absolute Gasteiger partial charge is 0.490 e. The zero-order chi connectivity index (χ0) is 25.8. The summed E-state index contributed by atoms with van der Waals surface area (Å²) in [5, 5.41) is 14.0. The van der Waals surface area contributed by atoms with Crippen molar-refractivity contribution in [2.24, 2.45) is 0 Å². The molecule has 1 saturated heterocycles. The standard InChI is InChI=1S/C30H31FN2O4/c31-24-11-7-21(8-12-24)20-3-5-23(6-4-20)29(35)30(36)32-27(19-33-17-1-2-18-33)28(34)22-9-13-25(14-10-22)37-26-15-16-26/h3-14,26-28,34H,1-2,15-19H2,(H,32,36)/t27-,28-/m1/s1. The molecule has 2 atom stereocenters. The van der Waals surface area contributed by atoms with Gasteiger partial charge in [0.25, 0.3) is 5.91 Å². The Morgan fingerprint density at radius 2 is 1.51 bits per heavy atom. The molecule has 7 heteroatoms. The van der Waals surface area contributed by atoms with Gasteiger partial charge in [0.2, 0.25) is 5.78 Å². The smallest absolute Gasteiger partial charge is 0.292 e. The number of aliphatic hydroxyl groups excluding tert-OH is 1. The second-order valence-electron chi connectivity index (χ2n) is 9.83. The summed E-state index contributed by atoms with van der Waals surface area (Å²) in [6.07, 6.45) is 3.59. The van der Waals surface area contributed by atoms with Crippen molar-refractivity contribution in [2.45, 2.75) is 43.9 Å². The Bertz CT molecular complexity index is 1220. The summed E-state index contributed by atoms with van der Waals surface area (Å²) in [5.74, 6) is -0.984. The van der Waals surface area contributed by atoms with Crippen molar-refractivity contribution in [3.63, 3.8) is 0 Å². The molecular weight excluding hydrogens is 471 g/mol. The molecule has 2 aliphatic rings. The van der Waals surface area contributed by atoms with Gasteiger partial charge in [-0.2, -0.15) is 0 Å². The highest BCUT2D eigenvalue weighted by Crippen LogP contribution is 2.28. The van der Waals surface area contributed by atoms with Crippen LogP contribution in [0.3, 0.4) is 0 Å². The predicted molar refractivity (Wildman–Crippen MR) is 139 cm³/mol. The Kier molecular flexibility index (Phi) is 7.63. The van der Waals surface area contributed by atoms with E-state index in [9.17, 15) is 19.1 Å². The first-order valence-electron chi connectivity index (χ1n) is 12.8. The van der Waals surface area contributed by atoms with Crippen LogP contribution in [0, 0.1) is 5.82 Å². The molecule has 1 saturated carbocycles. The van der Waals surface area contributed by atoms with E-state index in [0.717, 1.165) is 55.6 Å². The molecular formula is C30H31FN2O4. The molecule has 0 radical (unpaired) electrons. The lowest BCUT2D eigenvalue weighted by atomic mass is 10.00. The van der Waals surface area contributed by atoms with Gasteiger partial charge in [0.15, 0.2) is 0 Å². The predicted octanol–water partition coefficient (Wildman–Crippen LogP) is 4.53. The molecule has 0 unspecified atom stereocenters. The summed E-state index contributed by atoms with van der Waals surface area (Å²) < 4.78 is 19.0. The molecule has 192 valence electrons. The van der Waals surface area contributed by atoms with Crippen LogP contribution in [-0.2, 0) is 4.79 Å². The average molecular weight is 503 g/mol. The molecule has 3 aromatic carbocycles. The third kappa shape index (κ3) is 6.42. The molecule has 2 fully saturated rings. The van der Waals surface area contributed by atoms with E-state index in [4.69, 9.17) is 4.74 Å². The van der Waals surface area contributed by atoms with Crippen molar-refractivity contribution >= 4 is 11.7 Å². The van der Waals surface area contributed by atoms with Crippen LogP contribution in [0.4, 0.5) is 4.39 Å². The highest BCUT2D eigenvalue weighted by atomic mass is 19.1. The van der Waals surface area contributed by atoms with Crippen LogP contribution in [-0.4, -0.2) is 53.5 Å². The fourth-order valence-corrected chi connectivity index (χ4v) is 4.64. The lowest BCUT2D eigenvalue weighted by molar-refractivity contribution is -0.118. The minimum Gasteiger partial charge on any atom is -0.490 e. The number of nitrogens with zero attached hydrogens (tertiary/aromatic N) is 1. The second kappa shape index (κ2) is 11.2. The van der Waals surface area contributed by atoms with Gasteiger partial charge in [-0.3, -0.25) is 9.59 Å². The number of Topliss-reactive ketones (excluding diaryl/α,β-unsaturated/α-hetero) is 1. The zero-order valence-electron chi connectivity index (χ0n) is 20.6. The topological polar surface area (TPSA) is 78.9 Å². The molecule has 37 heavy (non-hydrogen) atoms. The summed E-state index contributed by atoms with van der Waals surface area (Å²) in [4.78, 5) is 28.1. The highest BCUT2D eigenvalue weighted by Gasteiger charge is 2.29. The van der Waals surface area contributed by atoms with E-state index in [2.05, 4.69) is 10.2 Å². The van der Waals surface area contributed by atoms with Gasteiger partial charge >= 0.3 is 0 Å². The summed E-state index contributed by atoms with van der Waals surface area (Å²) >= 11 is 0. The number of aliphatic hydroxyl groups is 1. The van der Waals surface area contributed by atoms with Crippen LogP contribution in [0.15, 0.2) is 72.8 Å². The fourth-order valence-electron chi connectivity index (χ4n) is 4.64. The maximum atomic E-state index is 13.2. The quantitative estimate of drug-likeness (QED) is 0.315. The van der Waals surface area contributed by atoms with E-state index in [1.165, 1.54) is 12.1 Å². The van der Waals surface area contributed by atoms with Gasteiger partial charge in [-0.25, -0.2) is 4.39 Å². The number of ether oxygens (including phenoxy) is 1. The second-order valence-corrected chi connectivity index (χ2v) is 9.83. The zero-order valence-corrected chi connectivity index (χ0v) is 20.6. The Morgan fingerprint density at radius 1 is 0.919 bits per heavy atom. The van der Waals surface area contributed by atoms with Crippen LogP contribution in [0.1, 0.15) is 47.7 Å². The summed E-state index contributed by atoms with van der Waals surface area (Å²) in [6, 6.07) is 19.3. The third-order valence-corrected chi connectivity index (χ3v) is 6.93. The number of hydrogen-bond acceptors (Lipinski definition) is 5. The van der Waals surface area contributed by atoms with E-state index in [1.807, 2.05) is 24.3 Å². The first-order valence-corrected chi connectivity index (χ1v) is 12.8. The van der Waals surface area contributed by atoms with E-state index in [-0.39, 0.29) is 17.5 Å². The number of carbonyl (C=O) groups is 2. The Balaban J connectivity index is 1.27. The number of likely N-dealkylation sites (tertiary alicyclic amines) is 1. The molecule has 1 aliphatic heterocycles. The number of amides is 1. The number of benzene rings is 3. The molecule has 6 nitrogen and oxygen atoms in total. The molecule has 0 spiro atoms. The fraction of sp³-hybridized carbons (Fsp3) is 0.333. The maximum Gasteiger partial charge on any atom is 0.292 e. The molecule has 1 amide bonds. The first-order chi connectivity index (χ1) is 18.0. The SMILES string of the molecule is O=C(N[C@H](CN1CCCC1)[C@H](O)c1ccc(OC2CC2)cc1)C(=O)c1ccc(-c2ccc(F)cc2)cc1. The number of rotatable bonds is 10. The van der Waals surface area contributed by atoms with Crippen LogP contribution < -0.4 is 10.1 Å². The van der Waals surface area contributed by atoms with Crippen molar-refractivity contribution in [2.75, 3.05) is 19.6 Å². The van der Waals surface area contributed by atoms with Crippen molar-refractivity contribution < 1.29 is 23.8 Å². The molecule has 1 aliphatic carbocycles. The van der Waals surface area contributed by atoms with Crippen LogP contribution >= 0.6 is 0 Å². The van der Waals surface area contributed by atoms with Crippen molar-refractivity contribution in [1.82, 2.24) is 10.2 Å². The lowest BCUT2D eigenvalue weighted by Gasteiger charge is -2.28. The highest BCUT2D eigenvalue weighted by molar-refractivity contribution is 6.42. The van der Waals surface area contributed by atoms with Crippen molar-refractivity contribution in [3.05, 3.63) is 89.7 Å². The minimum absolute atomic E-state index is 0.249.